The largest absolute Gasteiger partial charge is 0.417 e. The molecule has 0 aliphatic heterocycles. The Morgan fingerprint density at radius 1 is 1.38 bits per heavy atom. The lowest BCUT2D eigenvalue weighted by atomic mass is 10.0. The van der Waals surface area contributed by atoms with E-state index >= 15 is 0 Å². The van der Waals surface area contributed by atoms with Crippen molar-refractivity contribution in [2.24, 2.45) is 0 Å². The first kappa shape index (κ1) is 13.3. The van der Waals surface area contributed by atoms with E-state index in [1.807, 2.05) is 0 Å². The maximum Gasteiger partial charge on any atom is 0.417 e. The molecule has 5 heteroatoms. The third-order valence-corrected chi connectivity index (χ3v) is 2.52. The lowest BCUT2D eigenvalue weighted by Gasteiger charge is -2.11. The zero-order valence-corrected chi connectivity index (χ0v) is 9.44. The van der Waals surface area contributed by atoms with Gasteiger partial charge in [0.25, 0.3) is 0 Å². The fourth-order valence-corrected chi connectivity index (χ4v) is 1.55. The fourth-order valence-electron chi connectivity index (χ4n) is 1.32. The highest BCUT2D eigenvalue weighted by atomic mass is 35.5. The molecule has 0 saturated carbocycles. The summed E-state index contributed by atoms with van der Waals surface area (Å²) in [6.07, 6.45) is -4.13. The summed E-state index contributed by atoms with van der Waals surface area (Å²) in [6, 6.07) is 3.81. The molecule has 0 amide bonds. The molecular formula is C11H12ClF3O. The molecule has 1 nitrogen and oxygen atoms in total. The molecular weight excluding hydrogens is 241 g/mol. The van der Waals surface area contributed by atoms with E-state index in [9.17, 15) is 13.2 Å². The van der Waals surface area contributed by atoms with Gasteiger partial charge in [-0.1, -0.05) is 17.7 Å². The molecule has 0 saturated heterocycles. The van der Waals surface area contributed by atoms with E-state index in [-0.39, 0.29) is 5.02 Å². The Kier molecular flexibility index (Phi) is 4.21. The Morgan fingerprint density at radius 2 is 2.00 bits per heavy atom. The lowest BCUT2D eigenvalue weighted by molar-refractivity contribution is -0.137. The van der Waals surface area contributed by atoms with Gasteiger partial charge in [0.2, 0.25) is 0 Å². The predicted octanol–water partition coefficient (Wildman–Crippen LogP) is 3.67. The van der Waals surface area contributed by atoms with E-state index in [0.717, 1.165) is 6.07 Å². The summed E-state index contributed by atoms with van der Waals surface area (Å²) in [6.45, 7) is 1.60. The number of alkyl halides is 3. The van der Waals surface area contributed by atoms with Crippen LogP contribution in [0, 0.1) is 0 Å². The Bertz CT molecular complexity index is 361. The molecule has 0 aromatic heterocycles. The van der Waals surface area contributed by atoms with Gasteiger partial charge in [0.1, 0.15) is 0 Å². The topological polar surface area (TPSA) is 20.2 Å². The van der Waals surface area contributed by atoms with Gasteiger partial charge >= 0.3 is 6.18 Å². The zero-order valence-electron chi connectivity index (χ0n) is 8.68. The van der Waals surface area contributed by atoms with Crippen LogP contribution in [-0.2, 0) is 12.6 Å². The monoisotopic (exact) mass is 252 g/mol. The highest BCUT2D eigenvalue weighted by Gasteiger charge is 2.33. The van der Waals surface area contributed by atoms with Crippen molar-refractivity contribution in [3.05, 3.63) is 34.3 Å². The maximum atomic E-state index is 12.5. The van der Waals surface area contributed by atoms with Crippen molar-refractivity contribution in [2.45, 2.75) is 32.0 Å². The van der Waals surface area contributed by atoms with Crippen molar-refractivity contribution in [1.29, 1.82) is 0 Å². The van der Waals surface area contributed by atoms with Gasteiger partial charge in [-0.3, -0.25) is 0 Å². The lowest BCUT2D eigenvalue weighted by Crippen LogP contribution is -2.07. The number of hydrogen-bond acceptors (Lipinski definition) is 1. The minimum atomic E-state index is -4.43. The van der Waals surface area contributed by atoms with Crippen LogP contribution in [0.1, 0.15) is 24.5 Å². The summed E-state index contributed by atoms with van der Waals surface area (Å²) in [4.78, 5) is 0. The highest BCUT2D eigenvalue weighted by Crippen LogP contribution is 2.35. The van der Waals surface area contributed by atoms with E-state index in [1.54, 1.807) is 13.0 Å². The molecule has 1 rings (SSSR count). The molecule has 0 unspecified atom stereocenters. The van der Waals surface area contributed by atoms with Crippen LogP contribution in [0.25, 0.3) is 0 Å². The van der Waals surface area contributed by atoms with Crippen LogP contribution in [0.2, 0.25) is 5.02 Å². The molecule has 90 valence electrons. The van der Waals surface area contributed by atoms with Crippen molar-refractivity contribution >= 4 is 11.6 Å². The Hall–Kier alpha value is -0.740. The second-order valence-corrected chi connectivity index (χ2v) is 4.11. The summed E-state index contributed by atoms with van der Waals surface area (Å²) in [5, 5.41) is 8.75. The first-order valence-electron chi connectivity index (χ1n) is 4.84. The predicted molar refractivity (Wildman–Crippen MR) is 56.5 cm³/mol. The van der Waals surface area contributed by atoms with Gasteiger partial charge in [-0.25, -0.2) is 0 Å². The normalized spacial score (nSPS) is 13.9. The third-order valence-electron chi connectivity index (χ3n) is 2.19. The van der Waals surface area contributed by atoms with Crippen LogP contribution < -0.4 is 0 Å². The molecule has 16 heavy (non-hydrogen) atoms. The number of hydrogen-bond donors (Lipinski definition) is 1. The summed E-state index contributed by atoms with van der Waals surface area (Å²) in [5.41, 5.74) is -0.296. The molecule has 0 aliphatic carbocycles. The number of benzene rings is 1. The molecule has 0 radical (unpaired) electrons. The number of rotatable bonds is 3. The number of aryl methyl sites for hydroxylation is 1. The van der Waals surface area contributed by atoms with Gasteiger partial charge in [-0.15, -0.1) is 0 Å². The van der Waals surface area contributed by atoms with Crippen molar-refractivity contribution in [1.82, 2.24) is 0 Å². The average molecular weight is 253 g/mol. The molecule has 1 aromatic rings. The Balaban J connectivity index is 2.90. The molecule has 0 heterocycles. The van der Waals surface area contributed by atoms with Crippen LogP contribution in [0.5, 0.6) is 0 Å². The van der Waals surface area contributed by atoms with Crippen LogP contribution in [0.15, 0.2) is 18.2 Å². The van der Waals surface area contributed by atoms with Crippen molar-refractivity contribution in [3.63, 3.8) is 0 Å². The zero-order chi connectivity index (χ0) is 12.3. The third kappa shape index (κ3) is 3.68. The van der Waals surface area contributed by atoms with Gasteiger partial charge < -0.3 is 5.11 Å². The summed E-state index contributed by atoms with van der Waals surface area (Å²) >= 11 is 5.47. The number of halogens is 4. The molecule has 0 fully saturated rings. The quantitative estimate of drug-likeness (QED) is 0.870. The first-order chi connectivity index (χ1) is 7.30. The van der Waals surface area contributed by atoms with E-state index in [1.165, 1.54) is 6.07 Å². The van der Waals surface area contributed by atoms with Gasteiger partial charge in [-0.05, 0) is 37.5 Å². The van der Waals surface area contributed by atoms with E-state index in [2.05, 4.69) is 0 Å². The molecule has 0 spiro atoms. The number of aliphatic hydroxyl groups is 1. The van der Waals surface area contributed by atoms with Crippen LogP contribution >= 0.6 is 11.6 Å². The highest BCUT2D eigenvalue weighted by molar-refractivity contribution is 6.31. The summed E-state index contributed by atoms with van der Waals surface area (Å²) < 4.78 is 37.5. The van der Waals surface area contributed by atoms with Crippen molar-refractivity contribution < 1.29 is 18.3 Å². The van der Waals surface area contributed by atoms with Crippen LogP contribution in [-0.4, -0.2) is 11.2 Å². The van der Waals surface area contributed by atoms with E-state index in [0.29, 0.717) is 18.4 Å². The average Bonchev–Trinajstić information content (AvgIpc) is 2.14. The maximum absolute atomic E-state index is 12.5. The SMILES string of the molecule is C[C@@H](O)CCc1ccc(Cl)c(C(F)(F)F)c1. The fraction of sp³-hybridized carbons (Fsp3) is 0.455. The molecule has 0 bridgehead atoms. The van der Waals surface area contributed by atoms with Gasteiger partial charge in [0.05, 0.1) is 16.7 Å². The summed E-state index contributed by atoms with van der Waals surface area (Å²) in [7, 11) is 0. The minimum Gasteiger partial charge on any atom is -0.393 e. The first-order valence-corrected chi connectivity index (χ1v) is 5.22. The number of aliphatic hydroxyl groups excluding tert-OH is 1. The van der Waals surface area contributed by atoms with E-state index in [4.69, 9.17) is 16.7 Å². The van der Waals surface area contributed by atoms with Crippen molar-refractivity contribution in [3.8, 4) is 0 Å². The Morgan fingerprint density at radius 3 is 2.50 bits per heavy atom. The van der Waals surface area contributed by atoms with Gasteiger partial charge in [-0.2, -0.15) is 13.2 Å². The van der Waals surface area contributed by atoms with Crippen LogP contribution in [0.3, 0.4) is 0 Å². The second kappa shape index (κ2) is 5.06. The smallest absolute Gasteiger partial charge is 0.393 e. The molecule has 1 N–H and O–H groups in total. The molecule has 0 aliphatic rings. The minimum absolute atomic E-state index is 0.298. The van der Waals surface area contributed by atoms with Crippen molar-refractivity contribution in [2.75, 3.05) is 0 Å². The van der Waals surface area contributed by atoms with Gasteiger partial charge in [0, 0.05) is 0 Å². The van der Waals surface area contributed by atoms with Crippen LogP contribution in [0.4, 0.5) is 13.2 Å². The van der Waals surface area contributed by atoms with Gasteiger partial charge in [0.15, 0.2) is 0 Å². The molecule has 1 atom stereocenters. The van der Waals surface area contributed by atoms with E-state index < -0.39 is 17.8 Å². The molecule has 1 aromatic carbocycles. The summed E-state index contributed by atoms with van der Waals surface area (Å²) in [5.74, 6) is 0. The standard InChI is InChI=1S/C11H12ClF3O/c1-7(16)2-3-8-4-5-10(12)9(6-8)11(13,14)15/h4-7,16H,2-3H2,1H3/t7-/m1/s1. The Labute approximate surface area is 96.9 Å². The second-order valence-electron chi connectivity index (χ2n) is 3.70.